The molecule has 6 nitrogen and oxygen atoms in total. The van der Waals surface area contributed by atoms with Gasteiger partial charge >= 0.3 is 6.61 Å². The maximum absolute atomic E-state index is 12.3. The van der Waals surface area contributed by atoms with Crippen LogP contribution in [0.1, 0.15) is 21.7 Å². The minimum Gasteiger partial charge on any atom is -0.435 e. The molecule has 2 heterocycles. The lowest BCUT2D eigenvalue weighted by molar-refractivity contribution is -0.0498. The van der Waals surface area contributed by atoms with E-state index in [-0.39, 0.29) is 5.75 Å². The van der Waals surface area contributed by atoms with Gasteiger partial charge in [0, 0.05) is 6.20 Å². The summed E-state index contributed by atoms with van der Waals surface area (Å²) in [7, 11) is 0. The van der Waals surface area contributed by atoms with Crippen molar-refractivity contribution in [1.82, 2.24) is 14.8 Å². The van der Waals surface area contributed by atoms with Crippen molar-refractivity contribution in [2.75, 3.05) is 0 Å². The molecule has 0 aliphatic heterocycles. The van der Waals surface area contributed by atoms with Crippen LogP contribution in [0.5, 0.6) is 5.75 Å². The van der Waals surface area contributed by atoms with E-state index in [1.807, 2.05) is 6.07 Å². The van der Waals surface area contributed by atoms with E-state index >= 15 is 0 Å². The number of aromatic nitrogens is 2. The summed E-state index contributed by atoms with van der Waals surface area (Å²) in [6.45, 7) is -1.12. The van der Waals surface area contributed by atoms with Crippen LogP contribution < -0.4 is 10.2 Å². The van der Waals surface area contributed by atoms with Gasteiger partial charge in [-0.3, -0.25) is 9.20 Å². The number of amides is 1. The summed E-state index contributed by atoms with van der Waals surface area (Å²) in [4.78, 5) is 16.6. The second-order valence-corrected chi connectivity index (χ2v) is 5.12. The van der Waals surface area contributed by atoms with Crippen LogP contribution in [0.15, 0.2) is 53.8 Å². The number of aryl methyl sites for hydroxylation is 1. The minimum atomic E-state index is -2.87. The molecular weight excluding hydrogens is 330 g/mol. The molecule has 128 valence electrons. The Labute approximate surface area is 141 Å². The first-order valence-electron chi connectivity index (χ1n) is 7.36. The van der Waals surface area contributed by atoms with Crippen molar-refractivity contribution in [3.63, 3.8) is 0 Å². The second kappa shape index (κ2) is 7.08. The number of benzene rings is 1. The summed E-state index contributed by atoms with van der Waals surface area (Å²) >= 11 is 0. The lowest BCUT2D eigenvalue weighted by Gasteiger charge is -2.04. The van der Waals surface area contributed by atoms with Gasteiger partial charge in [0.05, 0.1) is 11.9 Å². The number of nitrogens with zero attached hydrogens (tertiary/aromatic N) is 3. The van der Waals surface area contributed by atoms with Gasteiger partial charge in [-0.05, 0) is 48.9 Å². The number of nitrogens with one attached hydrogen (secondary N) is 1. The fourth-order valence-corrected chi connectivity index (χ4v) is 2.34. The van der Waals surface area contributed by atoms with Crippen LogP contribution in [0.4, 0.5) is 8.78 Å². The van der Waals surface area contributed by atoms with Crippen LogP contribution >= 0.6 is 0 Å². The largest absolute Gasteiger partial charge is 0.435 e. The molecule has 0 atom stereocenters. The quantitative estimate of drug-likeness (QED) is 0.571. The van der Waals surface area contributed by atoms with Gasteiger partial charge in [-0.25, -0.2) is 10.4 Å². The van der Waals surface area contributed by atoms with Crippen LogP contribution in [0, 0.1) is 6.92 Å². The maximum Gasteiger partial charge on any atom is 0.387 e. The van der Waals surface area contributed by atoms with Crippen molar-refractivity contribution in [2.24, 2.45) is 5.10 Å². The van der Waals surface area contributed by atoms with Gasteiger partial charge in [-0.2, -0.15) is 13.9 Å². The molecule has 1 amide bonds. The molecule has 0 aliphatic carbocycles. The highest BCUT2D eigenvalue weighted by Gasteiger charge is 2.15. The standard InChI is InChI=1S/C17H14F2N4O2/c1-11-15(23-9-3-2-4-14(23)21-11)16(24)22-20-10-12-5-7-13(8-6-12)25-17(18)19/h2-10,17H,1H3,(H,22,24)/b20-10-. The number of halogens is 2. The Morgan fingerprint density at radius 3 is 2.76 bits per heavy atom. The average Bonchev–Trinajstić information content (AvgIpc) is 2.91. The molecule has 0 bridgehead atoms. The molecule has 1 N–H and O–H groups in total. The molecular formula is C17H14F2N4O2. The lowest BCUT2D eigenvalue weighted by Crippen LogP contribution is -2.20. The monoisotopic (exact) mass is 344 g/mol. The van der Waals surface area contributed by atoms with Crippen LogP contribution in [0.3, 0.4) is 0 Å². The molecule has 0 unspecified atom stereocenters. The van der Waals surface area contributed by atoms with Crippen molar-refractivity contribution in [3.8, 4) is 5.75 Å². The van der Waals surface area contributed by atoms with Crippen molar-refractivity contribution in [2.45, 2.75) is 13.5 Å². The summed E-state index contributed by atoms with van der Waals surface area (Å²) in [6.07, 6.45) is 3.15. The third-order valence-corrected chi connectivity index (χ3v) is 3.40. The fraction of sp³-hybridized carbons (Fsp3) is 0.118. The number of fused-ring (bicyclic) bond motifs is 1. The van der Waals surface area contributed by atoms with E-state index in [1.54, 1.807) is 41.8 Å². The number of carbonyl (C=O) groups is 1. The zero-order valence-corrected chi connectivity index (χ0v) is 13.2. The summed E-state index contributed by atoms with van der Waals surface area (Å²) < 4.78 is 30.1. The fourth-order valence-electron chi connectivity index (χ4n) is 2.34. The molecule has 3 rings (SSSR count). The first-order valence-corrected chi connectivity index (χ1v) is 7.36. The number of ether oxygens (including phenoxy) is 1. The number of imidazole rings is 1. The summed E-state index contributed by atoms with van der Waals surface area (Å²) in [6, 6.07) is 11.3. The van der Waals surface area contributed by atoms with Gasteiger partial charge in [0.1, 0.15) is 17.1 Å². The maximum atomic E-state index is 12.3. The molecule has 2 aromatic heterocycles. The highest BCUT2D eigenvalue weighted by Crippen LogP contribution is 2.14. The Bertz CT molecular complexity index is 920. The van der Waals surface area contributed by atoms with E-state index in [4.69, 9.17) is 0 Å². The summed E-state index contributed by atoms with van der Waals surface area (Å²) in [5.41, 5.74) is 4.71. The van der Waals surface area contributed by atoms with E-state index in [9.17, 15) is 13.6 Å². The van der Waals surface area contributed by atoms with Crippen molar-refractivity contribution >= 4 is 17.8 Å². The molecule has 0 aliphatic rings. The van der Waals surface area contributed by atoms with Gasteiger partial charge < -0.3 is 4.74 Å². The first-order chi connectivity index (χ1) is 12.0. The third-order valence-electron chi connectivity index (χ3n) is 3.40. The molecule has 0 saturated heterocycles. The Hall–Kier alpha value is -3.29. The molecule has 25 heavy (non-hydrogen) atoms. The Kier molecular flexibility index (Phi) is 4.69. The van der Waals surface area contributed by atoms with E-state index in [1.165, 1.54) is 18.3 Å². The summed E-state index contributed by atoms with van der Waals surface area (Å²) in [5.74, 6) is -0.345. The van der Waals surface area contributed by atoms with Crippen LogP contribution in [0.2, 0.25) is 0 Å². The van der Waals surface area contributed by atoms with Crippen molar-refractivity contribution in [3.05, 3.63) is 65.6 Å². The Balaban J connectivity index is 1.69. The smallest absolute Gasteiger partial charge is 0.387 e. The van der Waals surface area contributed by atoms with Crippen LogP contribution in [0.25, 0.3) is 5.65 Å². The third kappa shape index (κ3) is 3.79. The minimum absolute atomic E-state index is 0.0533. The highest BCUT2D eigenvalue weighted by molar-refractivity contribution is 5.95. The number of hydrogen-bond acceptors (Lipinski definition) is 4. The lowest BCUT2D eigenvalue weighted by atomic mass is 10.2. The first kappa shape index (κ1) is 16.6. The molecule has 0 fully saturated rings. The van der Waals surface area contributed by atoms with E-state index in [2.05, 4.69) is 20.2 Å². The van der Waals surface area contributed by atoms with Crippen LogP contribution in [-0.2, 0) is 0 Å². The predicted molar refractivity (Wildman–Crippen MR) is 88.1 cm³/mol. The number of hydrogen-bond donors (Lipinski definition) is 1. The Morgan fingerprint density at radius 1 is 1.28 bits per heavy atom. The molecule has 8 heteroatoms. The van der Waals surface area contributed by atoms with E-state index in [0.29, 0.717) is 22.6 Å². The van der Waals surface area contributed by atoms with E-state index in [0.717, 1.165) is 0 Å². The SMILES string of the molecule is Cc1nc2ccccn2c1C(=O)N/N=C\c1ccc(OC(F)F)cc1. The highest BCUT2D eigenvalue weighted by atomic mass is 19.3. The number of pyridine rings is 1. The average molecular weight is 344 g/mol. The van der Waals surface area contributed by atoms with Gasteiger partial charge in [-0.1, -0.05) is 6.07 Å². The second-order valence-electron chi connectivity index (χ2n) is 5.12. The van der Waals surface area contributed by atoms with Crippen LogP contribution in [-0.4, -0.2) is 28.1 Å². The zero-order valence-electron chi connectivity index (χ0n) is 13.2. The van der Waals surface area contributed by atoms with Gasteiger partial charge in [0.25, 0.3) is 5.91 Å². The molecule has 0 radical (unpaired) electrons. The number of hydrazone groups is 1. The topological polar surface area (TPSA) is 68.0 Å². The molecule has 0 saturated carbocycles. The van der Waals surface area contributed by atoms with Gasteiger partial charge in [-0.15, -0.1) is 0 Å². The zero-order chi connectivity index (χ0) is 17.8. The number of alkyl halides is 2. The molecule has 1 aromatic carbocycles. The van der Waals surface area contributed by atoms with Gasteiger partial charge in [0.15, 0.2) is 0 Å². The van der Waals surface area contributed by atoms with E-state index < -0.39 is 12.5 Å². The van der Waals surface area contributed by atoms with Gasteiger partial charge in [0.2, 0.25) is 0 Å². The van der Waals surface area contributed by atoms with Crippen molar-refractivity contribution < 1.29 is 18.3 Å². The molecule has 0 spiro atoms. The van der Waals surface area contributed by atoms with Crippen molar-refractivity contribution in [1.29, 1.82) is 0 Å². The molecule has 3 aromatic rings. The summed E-state index contributed by atoms with van der Waals surface area (Å²) in [5, 5.41) is 3.88. The Morgan fingerprint density at radius 2 is 2.04 bits per heavy atom. The normalized spacial score (nSPS) is 11.4. The number of rotatable bonds is 5. The number of carbonyl (C=O) groups excluding carboxylic acids is 1. The predicted octanol–water partition coefficient (Wildman–Crippen LogP) is 3.01.